The van der Waals surface area contributed by atoms with Crippen molar-refractivity contribution in [3.63, 3.8) is 0 Å². The average Bonchev–Trinajstić information content (AvgIpc) is 2.64. The van der Waals surface area contributed by atoms with Crippen molar-refractivity contribution in [2.45, 2.75) is 19.0 Å². The monoisotopic (exact) mass is 360 g/mol. The third-order valence-corrected chi connectivity index (χ3v) is 4.56. The van der Waals surface area contributed by atoms with Crippen LogP contribution in [0.25, 0.3) is 10.8 Å². The zero-order valence-electron chi connectivity index (χ0n) is 14.6. The highest BCUT2D eigenvalue weighted by Gasteiger charge is 2.20. The number of rotatable bonds is 9. The van der Waals surface area contributed by atoms with Gasteiger partial charge >= 0.3 is 5.97 Å². The van der Waals surface area contributed by atoms with Gasteiger partial charge in [0.15, 0.2) is 0 Å². The summed E-state index contributed by atoms with van der Waals surface area (Å²) in [5.41, 5.74) is 1.14. The summed E-state index contributed by atoms with van der Waals surface area (Å²) in [6, 6.07) is 13.7. The lowest BCUT2D eigenvalue weighted by molar-refractivity contribution is -0.145. The van der Waals surface area contributed by atoms with Crippen LogP contribution in [0.4, 0.5) is 0 Å². The Kier molecular flexibility index (Phi) is 7.76. The Morgan fingerprint density at radius 2 is 1.92 bits per heavy atom. The molecule has 0 saturated heterocycles. The van der Waals surface area contributed by atoms with E-state index in [2.05, 4.69) is 28.8 Å². The molecule has 0 spiro atoms. The smallest absolute Gasteiger partial charge is 0.328 e. The molecule has 0 aliphatic rings. The number of thioether (sulfide) groups is 1. The second kappa shape index (κ2) is 10.1. The van der Waals surface area contributed by atoms with E-state index < -0.39 is 12.0 Å². The maximum absolute atomic E-state index is 12.1. The number of amides is 1. The van der Waals surface area contributed by atoms with E-state index in [1.54, 1.807) is 11.8 Å². The summed E-state index contributed by atoms with van der Waals surface area (Å²) in [5.74, 6) is 0.164. The summed E-state index contributed by atoms with van der Waals surface area (Å²) in [6.07, 6.45) is 2.52. The van der Waals surface area contributed by atoms with E-state index in [4.69, 9.17) is 4.74 Å². The van der Waals surface area contributed by atoms with Crippen molar-refractivity contribution in [1.29, 1.82) is 0 Å². The highest BCUT2D eigenvalue weighted by molar-refractivity contribution is 7.98. The highest BCUT2D eigenvalue weighted by Crippen LogP contribution is 2.18. The zero-order valence-corrected chi connectivity index (χ0v) is 15.4. The Balaban J connectivity index is 1.87. The summed E-state index contributed by atoms with van der Waals surface area (Å²) in [6.45, 7) is 0.735. The molecule has 2 N–H and O–H groups in total. The molecular weight excluding hydrogens is 336 g/mol. The van der Waals surface area contributed by atoms with Crippen molar-refractivity contribution in [2.24, 2.45) is 0 Å². The molecule has 1 atom stereocenters. The minimum absolute atomic E-state index is 0.149. The van der Waals surface area contributed by atoms with E-state index in [9.17, 15) is 9.59 Å². The molecule has 0 aliphatic heterocycles. The number of methoxy groups -OCH3 is 1. The van der Waals surface area contributed by atoms with Gasteiger partial charge in [0.1, 0.15) is 6.04 Å². The fourth-order valence-electron chi connectivity index (χ4n) is 2.63. The van der Waals surface area contributed by atoms with E-state index in [0.29, 0.717) is 13.0 Å². The Labute approximate surface area is 152 Å². The van der Waals surface area contributed by atoms with Crippen LogP contribution in [-0.4, -0.2) is 43.6 Å². The van der Waals surface area contributed by atoms with Crippen LogP contribution < -0.4 is 10.6 Å². The number of hydrogen-bond donors (Lipinski definition) is 2. The van der Waals surface area contributed by atoms with Crippen LogP contribution in [0, 0.1) is 0 Å². The van der Waals surface area contributed by atoms with Gasteiger partial charge in [-0.15, -0.1) is 0 Å². The lowest BCUT2D eigenvalue weighted by Crippen LogP contribution is -2.45. The molecule has 2 rings (SSSR count). The maximum Gasteiger partial charge on any atom is 0.328 e. The van der Waals surface area contributed by atoms with Crippen LogP contribution in [-0.2, 0) is 20.9 Å². The van der Waals surface area contributed by atoms with Crippen LogP contribution in [0.3, 0.4) is 0 Å². The highest BCUT2D eigenvalue weighted by atomic mass is 32.2. The van der Waals surface area contributed by atoms with Gasteiger partial charge in [0.25, 0.3) is 0 Å². The zero-order chi connectivity index (χ0) is 18.1. The summed E-state index contributed by atoms with van der Waals surface area (Å²) >= 11 is 1.63. The minimum atomic E-state index is -0.593. The Morgan fingerprint density at radius 3 is 2.68 bits per heavy atom. The molecule has 2 aromatic carbocycles. The molecule has 5 nitrogen and oxygen atoms in total. The van der Waals surface area contributed by atoms with Gasteiger partial charge in [0.2, 0.25) is 5.91 Å². The molecule has 25 heavy (non-hydrogen) atoms. The van der Waals surface area contributed by atoms with Crippen molar-refractivity contribution in [3.8, 4) is 0 Å². The van der Waals surface area contributed by atoms with Gasteiger partial charge in [-0.3, -0.25) is 4.79 Å². The molecule has 0 bridgehead atoms. The lowest BCUT2D eigenvalue weighted by atomic mass is 10.0. The lowest BCUT2D eigenvalue weighted by Gasteiger charge is -2.16. The SMILES string of the molecule is COC(=O)[C@H](CCSC)NC(=O)CNCc1cccc2ccccc12. The Morgan fingerprint density at radius 1 is 1.16 bits per heavy atom. The summed E-state index contributed by atoms with van der Waals surface area (Å²) in [4.78, 5) is 23.8. The molecule has 0 fully saturated rings. The van der Waals surface area contributed by atoms with Gasteiger partial charge in [0, 0.05) is 6.54 Å². The summed E-state index contributed by atoms with van der Waals surface area (Å²) < 4.78 is 4.75. The molecule has 0 aliphatic carbocycles. The van der Waals surface area contributed by atoms with Crippen molar-refractivity contribution >= 4 is 34.4 Å². The van der Waals surface area contributed by atoms with Crippen molar-refractivity contribution < 1.29 is 14.3 Å². The first kappa shape index (κ1) is 19.3. The van der Waals surface area contributed by atoms with Crippen molar-refractivity contribution in [1.82, 2.24) is 10.6 Å². The van der Waals surface area contributed by atoms with Crippen molar-refractivity contribution in [3.05, 3.63) is 48.0 Å². The van der Waals surface area contributed by atoms with Crippen LogP contribution >= 0.6 is 11.8 Å². The van der Waals surface area contributed by atoms with Gasteiger partial charge in [-0.25, -0.2) is 4.79 Å². The third kappa shape index (κ3) is 5.76. The molecule has 0 aromatic heterocycles. The number of ether oxygens (including phenoxy) is 1. The fraction of sp³-hybridized carbons (Fsp3) is 0.368. The number of nitrogens with one attached hydrogen (secondary N) is 2. The maximum atomic E-state index is 12.1. The molecule has 0 unspecified atom stereocenters. The molecule has 0 radical (unpaired) electrons. The van der Waals surface area contributed by atoms with Crippen LogP contribution in [0.5, 0.6) is 0 Å². The van der Waals surface area contributed by atoms with Crippen LogP contribution in [0.2, 0.25) is 0 Å². The molecule has 6 heteroatoms. The largest absolute Gasteiger partial charge is 0.467 e. The number of carbonyl (C=O) groups excluding carboxylic acids is 2. The van der Waals surface area contributed by atoms with E-state index >= 15 is 0 Å². The number of hydrogen-bond acceptors (Lipinski definition) is 5. The van der Waals surface area contributed by atoms with Gasteiger partial charge in [0.05, 0.1) is 13.7 Å². The average molecular weight is 360 g/mol. The summed E-state index contributed by atoms with van der Waals surface area (Å²) in [7, 11) is 1.33. The molecule has 0 heterocycles. The summed E-state index contributed by atoms with van der Waals surface area (Å²) in [5, 5.41) is 8.23. The van der Waals surface area contributed by atoms with Crippen LogP contribution in [0.1, 0.15) is 12.0 Å². The Bertz CT molecular complexity index is 715. The second-order valence-corrected chi connectivity index (χ2v) is 6.65. The van der Waals surface area contributed by atoms with Gasteiger partial charge in [-0.2, -0.15) is 11.8 Å². The predicted octanol–water partition coefficient (Wildman–Crippen LogP) is 2.34. The molecule has 2 aromatic rings. The number of benzene rings is 2. The minimum Gasteiger partial charge on any atom is -0.467 e. The predicted molar refractivity (Wildman–Crippen MR) is 103 cm³/mol. The normalized spacial score (nSPS) is 11.9. The third-order valence-electron chi connectivity index (χ3n) is 3.91. The van der Waals surface area contributed by atoms with E-state index in [1.165, 1.54) is 17.9 Å². The second-order valence-electron chi connectivity index (χ2n) is 5.67. The van der Waals surface area contributed by atoms with E-state index in [-0.39, 0.29) is 12.5 Å². The van der Waals surface area contributed by atoms with Crippen molar-refractivity contribution in [2.75, 3.05) is 25.7 Å². The fourth-order valence-corrected chi connectivity index (χ4v) is 3.10. The molecule has 134 valence electrons. The van der Waals surface area contributed by atoms with Gasteiger partial charge in [-0.1, -0.05) is 42.5 Å². The number of carbonyl (C=O) groups is 2. The molecule has 0 saturated carbocycles. The standard InChI is InChI=1S/C19H24N2O3S/c1-24-19(23)17(10-11-25-2)21-18(22)13-20-12-15-8-5-7-14-6-3-4-9-16(14)15/h3-9,17,20H,10-13H2,1-2H3,(H,21,22)/t17-/m0/s1. The molecular formula is C19H24N2O3S. The Hall–Kier alpha value is -2.05. The first-order valence-electron chi connectivity index (χ1n) is 8.19. The first-order valence-corrected chi connectivity index (χ1v) is 9.58. The van der Waals surface area contributed by atoms with E-state index in [1.807, 2.05) is 30.5 Å². The van der Waals surface area contributed by atoms with Gasteiger partial charge in [-0.05, 0) is 34.8 Å². The first-order chi connectivity index (χ1) is 12.2. The number of esters is 1. The van der Waals surface area contributed by atoms with E-state index in [0.717, 1.165) is 11.3 Å². The topological polar surface area (TPSA) is 67.4 Å². The quantitative estimate of drug-likeness (QED) is 0.672. The number of fused-ring (bicyclic) bond motifs is 1. The van der Waals surface area contributed by atoms with Gasteiger partial charge < -0.3 is 15.4 Å². The molecule has 1 amide bonds. The van der Waals surface area contributed by atoms with Crippen LogP contribution in [0.15, 0.2) is 42.5 Å².